The van der Waals surface area contributed by atoms with Gasteiger partial charge in [-0.05, 0) is 24.6 Å². The van der Waals surface area contributed by atoms with Crippen LogP contribution in [0.1, 0.15) is 18.5 Å². The summed E-state index contributed by atoms with van der Waals surface area (Å²) >= 11 is 11.9. The third kappa shape index (κ3) is 2.79. The van der Waals surface area contributed by atoms with E-state index >= 15 is 0 Å². The zero-order valence-electron chi connectivity index (χ0n) is 9.20. The number of nitrogens with zero attached hydrogens (tertiary/aromatic N) is 2. The third-order valence-electron chi connectivity index (χ3n) is 2.71. The van der Waals surface area contributed by atoms with Gasteiger partial charge in [0.1, 0.15) is 22.8 Å². The molecule has 5 heteroatoms. The van der Waals surface area contributed by atoms with Crippen molar-refractivity contribution in [3.8, 4) is 0 Å². The molecule has 0 bridgehead atoms. The Labute approximate surface area is 109 Å². The lowest BCUT2D eigenvalue weighted by Crippen LogP contribution is -2.27. The highest BCUT2D eigenvalue weighted by Gasteiger charge is 2.19. The van der Waals surface area contributed by atoms with Crippen LogP contribution in [0.25, 0.3) is 0 Å². The lowest BCUT2D eigenvalue weighted by atomic mass is 10.1. The minimum Gasteiger partial charge on any atom is -0.336 e. The van der Waals surface area contributed by atoms with Crippen LogP contribution in [-0.2, 0) is 0 Å². The molecule has 1 aromatic carbocycles. The van der Waals surface area contributed by atoms with Crippen LogP contribution in [0.15, 0.2) is 40.5 Å². The zero-order chi connectivity index (χ0) is 12.4. The number of allylic oxidation sites excluding steroid dienone is 1. The quantitative estimate of drug-likeness (QED) is 0.747. The lowest BCUT2D eigenvalue weighted by Gasteiger charge is -2.31. The summed E-state index contributed by atoms with van der Waals surface area (Å²) in [7, 11) is 0. The molecule has 0 fully saturated rings. The van der Waals surface area contributed by atoms with Gasteiger partial charge >= 0.3 is 0 Å². The summed E-state index contributed by atoms with van der Waals surface area (Å²) in [6.45, 7) is 2.39. The van der Waals surface area contributed by atoms with Gasteiger partial charge < -0.3 is 4.90 Å². The Morgan fingerprint density at radius 3 is 2.53 bits per heavy atom. The fraction of sp³-hybridized carbons (Fsp3) is 0.250. The first kappa shape index (κ1) is 12.4. The number of aliphatic imine (C=N–C) groups is 1. The van der Waals surface area contributed by atoms with E-state index in [2.05, 4.69) is 4.99 Å². The van der Waals surface area contributed by atoms with Crippen LogP contribution in [-0.4, -0.2) is 16.7 Å². The maximum atomic E-state index is 12.8. The molecule has 0 saturated carbocycles. The predicted molar refractivity (Wildman–Crippen MR) is 68.7 cm³/mol. The Bertz CT molecular complexity index is 468. The van der Waals surface area contributed by atoms with E-state index in [1.807, 2.05) is 11.8 Å². The summed E-state index contributed by atoms with van der Waals surface area (Å²) in [5.41, 5.74) is 0.978. The average Bonchev–Trinajstić information content (AvgIpc) is 2.29. The van der Waals surface area contributed by atoms with Gasteiger partial charge in [-0.3, -0.25) is 4.99 Å². The van der Waals surface area contributed by atoms with E-state index in [-0.39, 0.29) is 11.9 Å². The third-order valence-corrected chi connectivity index (χ3v) is 3.26. The molecular weight excluding hydrogens is 262 g/mol. The van der Waals surface area contributed by atoms with Crippen molar-refractivity contribution in [2.24, 2.45) is 4.99 Å². The fourth-order valence-corrected chi connectivity index (χ4v) is 2.18. The van der Waals surface area contributed by atoms with Crippen LogP contribution in [0.4, 0.5) is 4.39 Å². The van der Waals surface area contributed by atoms with Crippen LogP contribution in [0.3, 0.4) is 0 Å². The maximum Gasteiger partial charge on any atom is 0.128 e. The molecule has 0 saturated heterocycles. The van der Waals surface area contributed by atoms with E-state index in [0.29, 0.717) is 17.0 Å². The molecule has 90 valence electrons. The molecule has 0 spiro atoms. The number of halogens is 3. The predicted octanol–water partition coefficient (Wildman–Crippen LogP) is 3.88. The van der Waals surface area contributed by atoms with Gasteiger partial charge in [0.2, 0.25) is 0 Å². The Hall–Kier alpha value is -1.06. The zero-order valence-corrected chi connectivity index (χ0v) is 10.7. The molecule has 0 unspecified atom stereocenters. The molecule has 0 amide bonds. The Morgan fingerprint density at radius 1 is 1.29 bits per heavy atom. The van der Waals surface area contributed by atoms with Gasteiger partial charge in [0, 0.05) is 6.08 Å². The van der Waals surface area contributed by atoms with Crippen molar-refractivity contribution in [3.05, 3.63) is 46.9 Å². The minimum atomic E-state index is -0.248. The largest absolute Gasteiger partial charge is 0.336 e. The van der Waals surface area contributed by atoms with E-state index in [4.69, 9.17) is 23.2 Å². The summed E-state index contributed by atoms with van der Waals surface area (Å²) < 4.78 is 12.8. The van der Waals surface area contributed by atoms with Gasteiger partial charge in [-0.2, -0.15) is 0 Å². The highest BCUT2D eigenvalue weighted by molar-refractivity contribution is 6.69. The van der Waals surface area contributed by atoms with Gasteiger partial charge in [-0.25, -0.2) is 4.39 Å². The van der Waals surface area contributed by atoms with Crippen molar-refractivity contribution in [1.29, 1.82) is 0 Å². The Balaban J connectivity index is 2.19. The molecule has 1 atom stereocenters. The summed E-state index contributed by atoms with van der Waals surface area (Å²) in [5.74, 6) is -0.248. The normalized spacial score (nSPS) is 17.5. The van der Waals surface area contributed by atoms with E-state index < -0.39 is 0 Å². The van der Waals surface area contributed by atoms with Crippen molar-refractivity contribution in [1.82, 2.24) is 4.90 Å². The van der Waals surface area contributed by atoms with Crippen LogP contribution in [0.5, 0.6) is 0 Å². The SMILES string of the molecule is C[C@@H](c1ccc(F)cc1)N1CN=C(Cl)C=C1Cl. The van der Waals surface area contributed by atoms with Crippen molar-refractivity contribution in [3.63, 3.8) is 0 Å². The van der Waals surface area contributed by atoms with Gasteiger partial charge in [0.15, 0.2) is 0 Å². The van der Waals surface area contributed by atoms with Crippen LogP contribution >= 0.6 is 23.2 Å². The van der Waals surface area contributed by atoms with Crippen molar-refractivity contribution < 1.29 is 4.39 Å². The Morgan fingerprint density at radius 2 is 1.94 bits per heavy atom. The number of rotatable bonds is 2. The topological polar surface area (TPSA) is 15.6 Å². The molecule has 1 aromatic rings. The van der Waals surface area contributed by atoms with Gasteiger partial charge in [0.05, 0.1) is 6.04 Å². The first-order valence-electron chi connectivity index (χ1n) is 5.17. The second kappa shape index (κ2) is 5.07. The molecule has 2 rings (SSSR count). The van der Waals surface area contributed by atoms with Crippen LogP contribution in [0, 0.1) is 5.82 Å². The second-order valence-corrected chi connectivity index (χ2v) is 4.56. The molecule has 17 heavy (non-hydrogen) atoms. The minimum absolute atomic E-state index is 0.0212. The molecule has 1 aliphatic rings. The summed E-state index contributed by atoms with van der Waals surface area (Å²) in [5, 5.41) is 0.944. The van der Waals surface area contributed by atoms with Crippen LogP contribution in [0.2, 0.25) is 0 Å². The fourth-order valence-electron chi connectivity index (χ4n) is 1.67. The number of benzene rings is 1. The summed E-state index contributed by atoms with van der Waals surface area (Å²) in [6.07, 6.45) is 1.60. The monoisotopic (exact) mass is 272 g/mol. The molecular formula is C12H11Cl2FN2. The molecule has 1 heterocycles. The number of hydrogen-bond acceptors (Lipinski definition) is 2. The van der Waals surface area contributed by atoms with Crippen LogP contribution < -0.4 is 0 Å². The van der Waals surface area contributed by atoms with Crippen molar-refractivity contribution in [2.75, 3.05) is 6.67 Å². The molecule has 0 aromatic heterocycles. The highest BCUT2D eigenvalue weighted by Crippen LogP contribution is 2.28. The summed E-state index contributed by atoms with van der Waals surface area (Å²) in [4.78, 5) is 5.99. The standard InChI is InChI=1S/C12H11Cl2FN2/c1-8(9-2-4-10(15)5-3-9)17-7-16-11(13)6-12(17)14/h2-6,8H,7H2,1H3/t8-/m0/s1. The van der Waals surface area contributed by atoms with Gasteiger partial charge in [-0.15, -0.1) is 0 Å². The smallest absolute Gasteiger partial charge is 0.128 e. The van der Waals surface area contributed by atoms with Gasteiger partial charge in [-0.1, -0.05) is 35.3 Å². The molecule has 2 nitrogen and oxygen atoms in total. The average molecular weight is 273 g/mol. The molecule has 0 aliphatic carbocycles. The first-order chi connectivity index (χ1) is 8.08. The van der Waals surface area contributed by atoms with Crippen molar-refractivity contribution in [2.45, 2.75) is 13.0 Å². The highest BCUT2D eigenvalue weighted by atomic mass is 35.5. The lowest BCUT2D eigenvalue weighted by molar-refractivity contribution is 0.295. The molecule has 1 aliphatic heterocycles. The Kier molecular flexibility index (Phi) is 3.69. The van der Waals surface area contributed by atoms with Crippen molar-refractivity contribution >= 4 is 28.4 Å². The van der Waals surface area contributed by atoms with E-state index in [0.717, 1.165) is 5.56 Å². The second-order valence-electron chi connectivity index (χ2n) is 3.79. The number of hydrogen-bond donors (Lipinski definition) is 0. The maximum absolute atomic E-state index is 12.8. The van der Waals surface area contributed by atoms with E-state index in [9.17, 15) is 4.39 Å². The summed E-state index contributed by atoms with van der Waals surface area (Å²) in [6, 6.07) is 6.37. The first-order valence-corrected chi connectivity index (χ1v) is 5.93. The molecule has 0 N–H and O–H groups in total. The van der Waals surface area contributed by atoms with E-state index in [1.165, 1.54) is 12.1 Å². The van der Waals surface area contributed by atoms with E-state index in [1.54, 1.807) is 18.2 Å². The van der Waals surface area contributed by atoms with Gasteiger partial charge in [0.25, 0.3) is 0 Å². The molecule has 0 radical (unpaired) electrons.